The fourth-order valence-electron chi connectivity index (χ4n) is 2.18. The molecule has 0 saturated carbocycles. The van der Waals surface area contributed by atoms with Gasteiger partial charge in [-0.2, -0.15) is 0 Å². The molecule has 0 amide bonds. The molecule has 1 atom stereocenters. The van der Waals surface area contributed by atoms with Crippen molar-refractivity contribution in [1.82, 2.24) is 0 Å². The Labute approximate surface area is 107 Å². The molecule has 0 aliphatic carbocycles. The molecule has 2 rings (SSSR count). The third-order valence-electron chi connectivity index (χ3n) is 3.11. The van der Waals surface area contributed by atoms with E-state index in [9.17, 15) is 4.39 Å². The van der Waals surface area contributed by atoms with E-state index >= 15 is 0 Å². The minimum Gasteiger partial charge on any atom is -0.330 e. The first-order chi connectivity index (χ1) is 8.78. The third-order valence-corrected chi connectivity index (χ3v) is 3.11. The van der Waals surface area contributed by atoms with Gasteiger partial charge in [-0.3, -0.25) is 0 Å². The van der Waals surface area contributed by atoms with Gasteiger partial charge in [0.15, 0.2) is 0 Å². The first kappa shape index (κ1) is 12.8. The van der Waals surface area contributed by atoms with E-state index in [2.05, 4.69) is 12.1 Å². The maximum Gasteiger partial charge on any atom is 0.123 e. The third kappa shape index (κ3) is 3.67. The van der Waals surface area contributed by atoms with Crippen molar-refractivity contribution in [2.75, 3.05) is 6.54 Å². The molecule has 0 aromatic heterocycles. The highest BCUT2D eigenvalue weighted by molar-refractivity contribution is 5.19. The smallest absolute Gasteiger partial charge is 0.123 e. The Morgan fingerprint density at radius 1 is 0.889 bits per heavy atom. The van der Waals surface area contributed by atoms with Gasteiger partial charge in [0.05, 0.1) is 0 Å². The van der Waals surface area contributed by atoms with E-state index in [1.807, 2.05) is 24.3 Å². The molecular formula is C16H18FN. The van der Waals surface area contributed by atoms with Crippen LogP contribution in [0.15, 0.2) is 54.6 Å². The molecule has 1 nitrogen and oxygen atoms in total. The van der Waals surface area contributed by atoms with Crippen molar-refractivity contribution in [3.8, 4) is 0 Å². The van der Waals surface area contributed by atoms with Crippen molar-refractivity contribution in [2.45, 2.75) is 12.8 Å². The van der Waals surface area contributed by atoms with E-state index in [-0.39, 0.29) is 5.82 Å². The Bertz CT molecular complexity index is 481. The zero-order valence-electron chi connectivity index (χ0n) is 10.4. The molecule has 0 heterocycles. The summed E-state index contributed by atoms with van der Waals surface area (Å²) in [7, 11) is 0. The maximum atomic E-state index is 13.1. The van der Waals surface area contributed by atoms with E-state index < -0.39 is 0 Å². The molecule has 0 aliphatic heterocycles. The first-order valence-corrected chi connectivity index (χ1v) is 6.26. The lowest BCUT2D eigenvalue weighted by Gasteiger charge is -2.15. The highest BCUT2D eigenvalue weighted by Gasteiger charge is 2.09. The van der Waals surface area contributed by atoms with Gasteiger partial charge in [-0.15, -0.1) is 0 Å². The second-order valence-electron chi connectivity index (χ2n) is 4.63. The minimum absolute atomic E-state index is 0.178. The summed E-state index contributed by atoms with van der Waals surface area (Å²) in [6, 6.07) is 17.1. The SMILES string of the molecule is NCC(Cc1ccccc1)Cc1cccc(F)c1. The van der Waals surface area contributed by atoms with E-state index in [1.54, 1.807) is 12.1 Å². The average Bonchev–Trinajstić information content (AvgIpc) is 2.39. The van der Waals surface area contributed by atoms with Crippen LogP contribution in [0.3, 0.4) is 0 Å². The Morgan fingerprint density at radius 3 is 2.22 bits per heavy atom. The van der Waals surface area contributed by atoms with Gasteiger partial charge >= 0.3 is 0 Å². The Balaban J connectivity index is 2.01. The zero-order valence-corrected chi connectivity index (χ0v) is 10.4. The van der Waals surface area contributed by atoms with Crippen LogP contribution in [0.2, 0.25) is 0 Å². The van der Waals surface area contributed by atoms with Gasteiger partial charge in [0.25, 0.3) is 0 Å². The van der Waals surface area contributed by atoms with Crippen LogP contribution < -0.4 is 5.73 Å². The van der Waals surface area contributed by atoms with E-state index in [1.165, 1.54) is 11.6 Å². The topological polar surface area (TPSA) is 26.0 Å². The van der Waals surface area contributed by atoms with Crippen LogP contribution in [-0.4, -0.2) is 6.54 Å². The number of nitrogens with two attached hydrogens (primary N) is 1. The molecule has 0 spiro atoms. The molecule has 0 saturated heterocycles. The van der Waals surface area contributed by atoms with Gasteiger partial charge in [0.2, 0.25) is 0 Å². The summed E-state index contributed by atoms with van der Waals surface area (Å²) in [5, 5.41) is 0. The van der Waals surface area contributed by atoms with Crippen LogP contribution >= 0.6 is 0 Å². The van der Waals surface area contributed by atoms with Crippen molar-refractivity contribution in [2.24, 2.45) is 11.7 Å². The van der Waals surface area contributed by atoms with Crippen LogP contribution in [0.1, 0.15) is 11.1 Å². The molecular weight excluding hydrogens is 225 g/mol. The summed E-state index contributed by atoms with van der Waals surface area (Å²) in [6.07, 6.45) is 1.76. The lowest BCUT2D eigenvalue weighted by atomic mass is 9.93. The molecule has 2 aromatic carbocycles. The monoisotopic (exact) mass is 243 g/mol. The van der Waals surface area contributed by atoms with Crippen LogP contribution in [0.5, 0.6) is 0 Å². The molecule has 18 heavy (non-hydrogen) atoms. The number of benzene rings is 2. The largest absolute Gasteiger partial charge is 0.330 e. The summed E-state index contributed by atoms with van der Waals surface area (Å²) < 4.78 is 13.1. The molecule has 2 aromatic rings. The zero-order chi connectivity index (χ0) is 12.8. The first-order valence-electron chi connectivity index (χ1n) is 6.26. The summed E-state index contributed by atoms with van der Waals surface area (Å²) in [5.41, 5.74) is 8.11. The summed E-state index contributed by atoms with van der Waals surface area (Å²) in [5.74, 6) is 0.178. The molecule has 1 unspecified atom stereocenters. The standard InChI is InChI=1S/C16H18FN/c17-16-8-4-7-14(11-16)10-15(12-18)9-13-5-2-1-3-6-13/h1-8,11,15H,9-10,12,18H2. The number of hydrogen-bond donors (Lipinski definition) is 1. The normalized spacial score (nSPS) is 12.3. The van der Waals surface area contributed by atoms with Crippen molar-refractivity contribution >= 4 is 0 Å². The van der Waals surface area contributed by atoms with Gasteiger partial charge in [-0.25, -0.2) is 4.39 Å². The van der Waals surface area contributed by atoms with Gasteiger partial charge < -0.3 is 5.73 Å². The van der Waals surface area contributed by atoms with Crippen molar-refractivity contribution in [3.05, 3.63) is 71.5 Å². The quantitative estimate of drug-likeness (QED) is 0.857. The van der Waals surface area contributed by atoms with E-state index in [4.69, 9.17) is 5.73 Å². The van der Waals surface area contributed by atoms with Crippen molar-refractivity contribution < 1.29 is 4.39 Å². The van der Waals surface area contributed by atoms with Gasteiger partial charge in [-0.05, 0) is 48.6 Å². The molecule has 0 fully saturated rings. The summed E-state index contributed by atoms with van der Waals surface area (Å²) in [4.78, 5) is 0. The molecule has 94 valence electrons. The highest BCUT2D eigenvalue weighted by atomic mass is 19.1. The fourth-order valence-corrected chi connectivity index (χ4v) is 2.18. The number of rotatable bonds is 5. The van der Waals surface area contributed by atoms with Gasteiger partial charge in [0.1, 0.15) is 5.82 Å². The lowest BCUT2D eigenvalue weighted by molar-refractivity contribution is 0.530. The van der Waals surface area contributed by atoms with Crippen LogP contribution in [-0.2, 0) is 12.8 Å². The lowest BCUT2D eigenvalue weighted by Crippen LogP contribution is -2.19. The molecule has 0 radical (unpaired) electrons. The van der Waals surface area contributed by atoms with E-state index in [0.29, 0.717) is 12.5 Å². The molecule has 2 N–H and O–H groups in total. The number of halogens is 1. The Morgan fingerprint density at radius 2 is 1.56 bits per heavy atom. The molecule has 0 aliphatic rings. The minimum atomic E-state index is -0.178. The van der Waals surface area contributed by atoms with Crippen molar-refractivity contribution in [1.29, 1.82) is 0 Å². The van der Waals surface area contributed by atoms with Gasteiger partial charge in [-0.1, -0.05) is 42.5 Å². The molecule has 2 heteroatoms. The average molecular weight is 243 g/mol. The second-order valence-corrected chi connectivity index (χ2v) is 4.63. The Kier molecular flexibility index (Phi) is 4.48. The highest BCUT2D eigenvalue weighted by Crippen LogP contribution is 2.14. The predicted octanol–water partition coefficient (Wildman–Crippen LogP) is 3.19. The van der Waals surface area contributed by atoms with Crippen LogP contribution in [0, 0.1) is 11.7 Å². The van der Waals surface area contributed by atoms with Crippen LogP contribution in [0.25, 0.3) is 0 Å². The Hall–Kier alpha value is -1.67. The van der Waals surface area contributed by atoms with Crippen molar-refractivity contribution in [3.63, 3.8) is 0 Å². The number of hydrogen-bond acceptors (Lipinski definition) is 1. The van der Waals surface area contributed by atoms with E-state index in [0.717, 1.165) is 18.4 Å². The fraction of sp³-hybridized carbons (Fsp3) is 0.250. The second kappa shape index (κ2) is 6.31. The molecule has 0 bridgehead atoms. The van der Waals surface area contributed by atoms with Crippen LogP contribution in [0.4, 0.5) is 4.39 Å². The van der Waals surface area contributed by atoms with Gasteiger partial charge in [0, 0.05) is 0 Å². The summed E-state index contributed by atoms with van der Waals surface area (Å²) >= 11 is 0. The maximum absolute atomic E-state index is 13.1. The predicted molar refractivity (Wildman–Crippen MR) is 72.8 cm³/mol. The summed E-state index contributed by atoms with van der Waals surface area (Å²) in [6.45, 7) is 0.616.